The summed E-state index contributed by atoms with van der Waals surface area (Å²) in [5, 5.41) is 3.26. The van der Waals surface area contributed by atoms with Gasteiger partial charge in [-0.2, -0.15) is 0 Å². The van der Waals surface area contributed by atoms with Crippen LogP contribution in [0.2, 0.25) is 0 Å². The Labute approximate surface area is 140 Å². The topological polar surface area (TPSA) is 21.3 Å². The first-order valence-corrected chi connectivity index (χ1v) is 8.26. The molecule has 0 fully saturated rings. The van der Waals surface area contributed by atoms with E-state index in [0.29, 0.717) is 6.61 Å². The molecule has 2 nitrogen and oxygen atoms in total. The number of benzene rings is 2. The Morgan fingerprint density at radius 2 is 2.00 bits per heavy atom. The van der Waals surface area contributed by atoms with Gasteiger partial charge in [-0.1, -0.05) is 31.9 Å². The minimum absolute atomic E-state index is 0.139. The molecule has 0 aromatic heterocycles. The second-order valence-corrected chi connectivity index (χ2v) is 6.74. The van der Waals surface area contributed by atoms with Crippen LogP contribution in [-0.4, -0.2) is 13.7 Å². The largest absolute Gasteiger partial charge is 0.493 e. The lowest BCUT2D eigenvalue weighted by Crippen LogP contribution is -2.19. The van der Waals surface area contributed by atoms with E-state index in [9.17, 15) is 4.39 Å². The highest BCUT2D eigenvalue weighted by Crippen LogP contribution is 2.40. The fraction of sp³-hybridized carbons (Fsp3) is 0.250. The number of nitrogens with one attached hydrogen (secondary N) is 1. The fourth-order valence-corrected chi connectivity index (χ4v) is 3.73. The Morgan fingerprint density at radius 3 is 2.76 bits per heavy atom. The van der Waals surface area contributed by atoms with E-state index >= 15 is 0 Å². The summed E-state index contributed by atoms with van der Waals surface area (Å²) in [5.41, 5.74) is 3.06. The first-order valence-electron chi connectivity index (χ1n) is 6.67. The van der Waals surface area contributed by atoms with Crippen molar-refractivity contribution < 1.29 is 9.13 Å². The number of rotatable bonds is 3. The zero-order valence-corrected chi connectivity index (χ0v) is 14.6. The third kappa shape index (κ3) is 2.87. The summed E-state index contributed by atoms with van der Waals surface area (Å²) in [6, 6.07) is 8.70. The Bertz CT molecular complexity index is 690. The number of hydrogen-bond donors (Lipinski definition) is 1. The van der Waals surface area contributed by atoms with E-state index in [1.54, 1.807) is 12.1 Å². The predicted octanol–water partition coefficient (Wildman–Crippen LogP) is 4.59. The molecule has 0 saturated carbocycles. The number of halogens is 3. The lowest BCUT2D eigenvalue weighted by atomic mass is 9.96. The van der Waals surface area contributed by atoms with Crippen LogP contribution in [-0.2, 0) is 6.42 Å². The minimum atomic E-state index is -0.249. The summed E-state index contributed by atoms with van der Waals surface area (Å²) in [4.78, 5) is 0. The number of fused-ring (bicyclic) bond motifs is 1. The zero-order chi connectivity index (χ0) is 15.0. The van der Waals surface area contributed by atoms with E-state index in [2.05, 4.69) is 43.2 Å². The molecule has 1 heterocycles. The second kappa shape index (κ2) is 6.07. The van der Waals surface area contributed by atoms with Gasteiger partial charge in [0.1, 0.15) is 11.6 Å². The van der Waals surface area contributed by atoms with Gasteiger partial charge in [0.05, 0.1) is 12.6 Å². The van der Waals surface area contributed by atoms with Crippen LogP contribution in [0.4, 0.5) is 4.39 Å². The van der Waals surface area contributed by atoms with Crippen LogP contribution < -0.4 is 10.1 Å². The summed E-state index contributed by atoms with van der Waals surface area (Å²) in [6.07, 6.45) is 0.905. The average molecular weight is 415 g/mol. The molecular formula is C16H14Br2FNO. The van der Waals surface area contributed by atoms with Crippen LogP contribution in [0.25, 0.3) is 0 Å². The summed E-state index contributed by atoms with van der Waals surface area (Å²) in [6.45, 7) is 0.694. The summed E-state index contributed by atoms with van der Waals surface area (Å²) in [7, 11) is 1.87. The first kappa shape index (κ1) is 15.0. The number of ether oxygens (including phenoxy) is 1. The van der Waals surface area contributed by atoms with Gasteiger partial charge in [-0.25, -0.2) is 4.39 Å². The molecule has 0 aliphatic carbocycles. The second-order valence-electron chi connectivity index (χ2n) is 4.97. The SMILES string of the molecule is CNC(c1cc(F)ccc1Br)c1cc(Br)cc2c1OCC2. The quantitative estimate of drug-likeness (QED) is 0.792. The van der Waals surface area contributed by atoms with Gasteiger partial charge in [0.15, 0.2) is 0 Å². The van der Waals surface area contributed by atoms with E-state index < -0.39 is 0 Å². The van der Waals surface area contributed by atoms with Crippen LogP contribution in [0, 0.1) is 5.82 Å². The van der Waals surface area contributed by atoms with Crippen molar-refractivity contribution in [1.29, 1.82) is 0 Å². The maximum Gasteiger partial charge on any atom is 0.127 e. The van der Waals surface area contributed by atoms with Crippen LogP contribution in [0.1, 0.15) is 22.7 Å². The van der Waals surface area contributed by atoms with Gasteiger partial charge in [0, 0.05) is 20.9 Å². The molecule has 2 aromatic carbocycles. The highest BCUT2D eigenvalue weighted by atomic mass is 79.9. The molecule has 0 saturated heterocycles. The van der Waals surface area contributed by atoms with Gasteiger partial charge < -0.3 is 10.1 Å². The first-order chi connectivity index (χ1) is 10.1. The van der Waals surface area contributed by atoms with E-state index in [1.807, 2.05) is 13.1 Å². The van der Waals surface area contributed by atoms with Crippen LogP contribution >= 0.6 is 31.9 Å². The van der Waals surface area contributed by atoms with Crippen LogP contribution in [0.5, 0.6) is 5.75 Å². The summed E-state index contributed by atoms with van der Waals surface area (Å²) in [5.74, 6) is 0.662. The molecule has 1 unspecified atom stereocenters. The maximum atomic E-state index is 13.6. The summed E-state index contributed by atoms with van der Waals surface area (Å²) < 4.78 is 21.3. The molecule has 2 aromatic rings. The molecule has 1 N–H and O–H groups in total. The number of hydrogen-bond acceptors (Lipinski definition) is 2. The van der Waals surface area contributed by atoms with Gasteiger partial charge in [0.25, 0.3) is 0 Å². The standard InChI is InChI=1S/C16H14Br2FNO/c1-20-15(12-8-11(19)2-3-14(12)18)13-7-10(17)6-9-4-5-21-16(9)13/h2-3,6-8,15,20H,4-5H2,1H3. The molecule has 21 heavy (non-hydrogen) atoms. The van der Waals surface area contributed by atoms with Crippen molar-refractivity contribution in [1.82, 2.24) is 5.32 Å². The van der Waals surface area contributed by atoms with Gasteiger partial charge in [-0.05, 0) is 48.5 Å². The van der Waals surface area contributed by atoms with Crippen molar-refractivity contribution in [2.75, 3.05) is 13.7 Å². The third-order valence-corrected chi connectivity index (χ3v) is 4.83. The molecule has 1 aliphatic heterocycles. The van der Waals surface area contributed by atoms with Gasteiger partial charge >= 0.3 is 0 Å². The van der Waals surface area contributed by atoms with Gasteiger partial charge in [0.2, 0.25) is 0 Å². The van der Waals surface area contributed by atoms with Crippen molar-refractivity contribution in [2.24, 2.45) is 0 Å². The Kier molecular flexibility index (Phi) is 4.33. The van der Waals surface area contributed by atoms with Gasteiger partial charge in [-0.3, -0.25) is 0 Å². The Morgan fingerprint density at radius 1 is 1.19 bits per heavy atom. The van der Waals surface area contributed by atoms with E-state index in [1.165, 1.54) is 11.6 Å². The van der Waals surface area contributed by atoms with Crippen molar-refractivity contribution in [3.05, 3.63) is 61.8 Å². The molecule has 110 valence electrons. The highest BCUT2D eigenvalue weighted by Gasteiger charge is 2.25. The maximum absolute atomic E-state index is 13.6. The average Bonchev–Trinajstić information content (AvgIpc) is 2.91. The van der Waals surface area contributed by atoms with Crippen molar-refractivity contribution in [3.63, 3.8) is 0 Å². The molecule has 5 heteroatoms. The molecule has 0 bridgehead atoms. The lowest BCUT2D eigenvalue weighted by Gasteiger charge is -2.21. The minimum Gasteiger partial charge on any atom is -0.493 e. The van der Waals surface area contributed by atoms with Crippen molar-refractivity contribution >= 4 is 31.9 Å². The van der Waals surface area contributed by atoms with E-state index in [0.717, 1.165) is 32.2 Å². The molecular weight excluding hydrogens is 401 g/mol. The molecule has 3 rings (SSSR count). The van der Waals surface area contributed by atoms with Crippen LogP contribution in [0.3, 0.4) is 0 Å². The lowest BCUT2D eigenvalue weighted by molar-refractivity contribution is 0.351. The molecule has 1 atom stereocenters. The van der Waals surface area contributed by atoms with E-state index in [-0.39, 0.29) is 11.9 Å². The third-order valence-electron chi connectivity index (χ3n) is 3.65. The normalized spacial score (nSPS) is 14.7. The predicted molar refractivity (Wildman–Crippen MR) is 88.3 cm³/mol. The highest BCUT2D eigenvalue weighted by molar-refractivity contribution is 9.10. The smallest absolute Gasteiger partial charge is 0.127 e. The zero-order valence-electron chi connectivity index (χ0n) is 11.4. The molecule has 1 aliphatic rings. The molecule has 0 radical (unpaired) electrons. The molecule has 0 spiro atoms. The van der Waals surface area contributed by atoms with Crippen molar-refractivity contribution in [2.45, 2.75) is 12.5 Å². The fourth-order valence-electron chi connectivity index (χ4n) is 2.73. The Hall–Kier alpha value is -0.910. The summed E-state index contributed by atoms with van der Waals surface area (Å²) >= 11 is 7.06. The van der Waals surface area contributed by atoms with Crippen LogP contribution in [0.15, 0.2) is 39.3 Å². The monoisotopic (exact) mass is 413 g/mol. The molecule has 0 amide bonds. The van der Waals surface area contributed by atoms with Gasteiger partial charge in [-0.15, -0.1) is 0 Å². The van der Waals surface area contributed by atoms with E-state index in [4.69, 9.17) is 4.74 Å². The van der Waals surface area contributed by atoms with Crippen molar-refractivity contribution in [3.8, 4) is 5.75 Å². The Balaban J connectivity index is 2.15.